The Kier molecular flexibility index (Phi) is 3.60. The molecule has 0 spiro atoms. The Morgan fingerprint density at radius 2 is 1.76 bits per heavy atom. The van der Waals surface area contributed by atoms with Crippen molar-refractivity contribution < 1.29 is 0 Å². The Balaban J connectivity index is 2.18. The Morgan fingerprint density at radius 1 is 1.06 bits per heavy atom. The van der Waals surface area contributed by atoms with Gasteiger partial charge in [-0.1, -0.05) is 41.0 Å². The van der Waals surface area contributed by atoms with Crippen LogP contribution in [0.2, 0.25) is 0 Å². The van der Waals surface area contributed by atoms with Crippen LogP contribution in [0.4, 0.5) is 0 Å². The first kappa shape index (κ1) is 13.4. The van der Waals surface area contributed by atoms with Crippen molar-refractivity contribution in [2.24, 2.45) is 23.2 Å². The van der Waals surface area contributed by atoms with Gasteiger partial charge in [-0.05, 0) is 55.4 Å². The summed E-state index contributed by atoms with van der Waals surface area (Å²) in [6.07, 6.45) is 7.08. The molecule has 4 atom stereocenters. The van der Waals surface area contributed by atoms with Crippen LogP contribution in [0.5, 0.6) is 0 Å². The van der Waals surface area contributed by atoms with E-state index in [9.17, 15) is 0 Å². The molecule has 1 nitrogen and oxygen atoms in total. The van der Waals surface area contributed by atoms with E-state index in [0.29, 0.717) is 11.0 Å². The topological polar surface area (TPSA) is 12.0 Å². The van der Waals surface area contributed by atoms with E-state index in [1.54, 1.807) is 0 Å². The zero-order valence-electron chi connectivity index (χ0n) is 12.5. The molecular weight excluding hydrogens is 206 g/mol. The van der Waals surface area contributed by atoms with Crippen molar-refractivity contribution in [2.45, 2.75) is 72.3 Å². The van der Waals surface area contributed by atoms with Crippen LogP contribution in [0.3, 0.4) is 0 Å². The molecule has 1 N–H and O–H groups in total. The number of hydrogen-bond acceptors (Lipinski definition) is 1. The Morgan fingerprint density at radius 3 is 2.24 bits per heavy atom. The lowest BCUT2D eigenvalue weighted by molar-refractivity contribution is 0.0372. The predicted octanol–water partition coefficient (Wildman–Crippen LogP) is 4.23. The highest BCUT2D eigenvalue weighted by Crippen LogP contribution is 2.49. The molecular formula is C16H31N. The molecule has 1 aliphatic heterocycles. The lowest BCUT2D eigenvalue weighted by Crippen LogP contribution is -2.57. The molecule has 0 radical (unpaired) electrons. The second-order valence-electron chi connectivity index (χ2n) is 7.72. The van der Waals surface area contributed by atoms with Crippen molar-refractivity contribution in [3.63, 3.8) is 0 Å². The summed E-state index contributed by atoms with van der Waals surface area (Å²) in [6, 6.07) is 0. The van der Waals surface area contributed by atoms with Crippen LogP contribution in [0, 0.1) is 23.2 Å². The van der Waals surface area contributed by atoms with Crippen molar-refractivity contribution in [3.05, 3.63) is 0 Å². The third kappa shape index (κ3) is 2.28. The normalized spacial score (nSPS) is 43.9. The molecule has 2 fully saturated rings. The highest BCUT2D eigenvalue weighted by molar-refractivity contribution is 5.07. The summed E-state index contributed by atoms with van der Waals surface area (Å²) < 4.78 is 0. The maximum absolute atomic E-state index is 3.92. The fourth-order valence-electron chi connectivity index (χ4n) is 4.36. The van der Waals surface area contributed by atoms with Crippen LogP contribution in [0.15, 0.2) is 0 Å². The first-order valence-electron chi connectivity index (χ1n) is 7.62. The molecule has 100 valence electrons. The first-order valence-corrected chi connectivity index (χ1v) is 7.62. The minimum absolute atomic E-state index is 0.397. The van der Waals surface area contributed by atoms with Crippen LogP contribution in [-0.2, 0) is 0 Å². The number of rotatable bonds is 1. The standard InChI is InChI=1S/C16H31N/c1-12-7-8-14(11-13(12)2)16(15(3,4)5)9-6-10-17-16/h12-14,17H,6-11H2,1-5H3. The monoisotopic (exact) mass is 237 g/mol. The lowest BCUT2D eigenvalue weighted by Gasteiger charge is -2.51. The Labute approximate surface area is 108 Å². The molecule has 17 heavy (non-hydrogen) atoms. The molecule has 2 rings (SSSR count). The molecule has 1 saturated heterocycles. The predicted molar refractivity (Wildman–Crippen MR) is 75.1 cm³/mol. The van der Waals surface area contributed by atoms with Gasteiger partial charge in [0.25, 0.3) is 0 Å². The summed E-state index contributed by atoms with van der Waals surface area (Å²) >= 11 is 0. The van der Waals surface area contributed by atoms with Crippen LogP contribution < -0.4 is 5.32 Å². The summed E-state index contributed by atoms with van der Waals surface area (Å²) in [5.74, 6) is 2.75. The Bertz CT molecular complexity index is 257. The van der Waals surface area contributed by atoms with Gasteiger partial charge in [-0.25, -0.2) is 0 Å². The fraction of sp³-hybridized carbons (Fsp3) is 1.00. The van der Waals surface area contributed by atoms with Crippen LogP contribution in [-0.4, -0.2) is 12.1 Å². The van der Waals surface area contributed by atoms with Gasteiger partial charge in [0.05, 0.1) is 0 Å². The molecule has 1 heteroatoms. The molecule has 4 unspecified atom stereocenters. The number of nitrogens with one attached hydrogen (secondary N) is 1. The van der Waals surface area contributed by atoms with Crippen molar-refractivity contribution >= 4 is 0 Å². The number of hydrogen-bond donors (Lipinski definition) is 1. The van der Waals surface area contributed by atoms with Gasteiger partial charge in [-0.15, -0.1) is 0 Å². The van der Waals surface area contributed by atoms with E-state index in [4.69, 9.17) is 0 Å². The summed E-state index contributed by atoms with van der Waals surface area (Å²) in [5, 5.41) is 3.92. The molecule has 1 saturated carbocycles. The van der Waals surface area contributed by atoms with Crippen LogP contribution in [0.25, 0.3) is 0 Å². The minimum atomic E-state index is 0.397. The molecule has 2 aliphatic rings. The van der Waals surface area contributed by atoms with Gasteiger partial charge < -0.3 is 5.32 Å². The van der Waals surface area contributed by atoms with Gasteiger partial charge in [-0.3, -0.25) is 0 Å². The maximum Gasteiger partial charge on any atom is 0.0258 e. The average Bonchev–Trinajstić information content (AvgIpc) is 2.71. The fourth-order valence-corrected chi connectivity index (χ4v) is 4.36. The van der Waals surface area contributed by atoms with Gasteiger partial charge >= 0.3 is 0 Å². The molecule has 1 heterocycles. The second kappa shape index (κ2) is 4.57. The lowest BCUT2D eigenvalue weighted by atomic mass is 9.59. The summed E-state index contributed by atoms with van der Waals surface area (Å²) in [6.45, 7) is 13.4. The quantitative estimate of drug-likeness (QED) is 0.720. The van der Waals surface area contributed by atoms with E-state index >= 15 is 0 Å². The first-order chi connectivity index (χ1) is 7.87. The van der Waals surface area contributed by atoms with E-state index in [0.717, 1.165) is 17.8 Å². The molecule has 0 aromatic carbocycles. The van der Waals surface area contributed by atoms with E-state index < -0.39 is 0 Å². The smallest absolute Gasteiger partial charge is 0.0258 e. The molecule has 0 amide bonds. The third-order valence-electron chi connectivity index (χ3n) is 5.82. The van der Waals surface area contributed by atoms with Gasteiger partial charge in [-0.2, -0.15) is 0 Å². The zero-order valence-corrected chi connectivity index (χ0v) is 12.5. The van der Waals surface area contributed by atoms with Crippen LogP contribution in [0.1, 0.15) is 66.7 Å². The molecule has 0 aromatic heterocycles. The van der Waals surface area contributed by atoms with E-state index in [1.165, 1.54) is 38.6 Å². The van der Waals surface area contributed by atoms with Crippen LogP contribution >= 0.6 is 0 Å². The summed E-state index contributed by atoms with van der Waals surface area (Å²) in [5.41, 5.74) is 0.815. The largest absolute Gasteiger partial charge is 0.310 e. The van der Waals surface area contributed by atoms with Gasteiger partial charge in [0.15, 0.2) is 0 Å². The SMILES string of the molecule is CC1CCC(C2(C(C)(C)C)CCCN2)CC1C. The summed E-state index contributed by atoms with van der Waals surface area (Å²) in [7, 11) is 0. The zero-order chi connectivity index (χ0) is 12.7. The van der Waals surface area contributed by atoms with Gasteiger partial charge in [0, 0.05) is 5.54 Å². The average molecular weight is 237 g/mol. The molecule has 0 bridgehead atoms. The second-order valence-corrected chi connectivity index (χ2v) is 7.72. The van der Waals surface area contributed by atoms with E-state index in [2.05, 4.69) is 39.9 Å². The van der Waals surface area contributed by atoms with Crippen molar-refractivity contribution in [2.75, 3.05) is 6.54 Å². The summed E-state index contributed by atoms with van der Waals surface area (Å²) in [4.78, 5) is 0. The van der Waals surface area contributed by atoms with Crippen molar-refractivity contribution in [1.29, 1.82) is 0 Å². The van der Waals surface area contributed by atoms with Gasteiger partial charge in [0.1, 0.15) is 0 Å². The van der Waals surface area contributed by atoms with Gasteiger partial charge in [0.2, 0.25) is 0 Å². The third-order valence-corrected chi connectivity index (χ3v) is 5.82. The highest BCUT2D eigenvalue weighted by atomic mass is 15.0. The Hall–Kier alpha value is -0.0400. The molecule has 1 aliphatic carbocycles. The van der Waals surface area contributed by atoms with E-state index in [1.807, 2.05) is 0 Å². The van der Waals surface area contributed by atoms with E-state index in [-0.39, 0.29) is 0 Å². The maximum atomic E-state index is 3.92. The van der Waals surface area contributed by atoms with Crippen molar-refractivity contribution in [1.82, 2.24) is 5.32 Å². The minimum Gasteiger partial charge on any atom is -0.310 e. The highest BCUT2D eigenvalue weighted by Gasteiger charge is 2.50. The molecule has 0 aromatic rings. The van der Waals surface area contributed by atoms with Crippen molar-refractivity contribution in [3.8, 4) is 0 Å².